The van der Waals surface area contributed by atoms with E-state index < -0.39 is 11.9 Å². The van der Waals surface area contributed by atoms with Gasteiger partial charge in [-0.1, -0.05) is 0 Å². The van der Waals surface area contributed by atoms with Crippen molar-refractivity contribution in [3.63, 3.8) is 0 Å². The number of hydrazine groups is 2. The van der Waals surface area contributed by atoms with E-state index in [0.717, 1.165) is 0 Å². The number of rotatable bonds is 1. The normalized spacial score (nSPS) is 9.56. The molecule has 0 aliphatic rings. The third-order valence-corrected chi connectivity index (χ3v) is 1.83. The van der Waals surface area contributed by atoms with Gasteiger partial charge in [-0.15, -0.1) is 0 Å². The molecule has 0 saturated carbocycles. The molecule has 0 unspecified atom stereocenters. The van der Waals surface area contributed by atoms with Crippen LogP contribution in [-0.2, 0) is 0 Å². The van der Waals surface area contributed by atoms with Crippen molar-refractivity contribution in [3.05, 3.63) is 23.8 Å². The fourth-order valence-electron chi connectivity index (χ4n) is 0.950. The fraction of sp³-hybridized carbons (Fsp3) is 0. The van der Waals surface area contributed by atoms with Gasteiger partial charge in [0.05, 0.1) is 11.4 Å². The molecule has 1 aromatic rings. The lowest BCUT2D eigenvalue weighted by Crippen LogP contribution is -2.53. The Morgan fingerprint density at radius 2 is 1.94 bits per heavy atom. The number of carbonyl (C=O) groups excluding carboxylic acids is 1. The molecular formula is C8H13N7O. The van der Waals surface area contributed by atoms with Crippen LogP contribution in [-0.4, -0.2) is 17.0 Å². The zero-order chi connectivity index (χ0) is 12.3. The van der Waals surface area contributed by atoms with Crippen LogP contribution in [0.15, 0.2) is 18.2 Å². The Hall–Kier alpha value is -2.48. The molecule has 16 heavy (non-hydrogen) atoms. The average Bonchev–Trinajstić information content (AvgIpc) is 2.21. The van der Waals surface area contributed by atoms with Gasteiger partial charge in [0.15, 0.2) is 0 Å². The number of anilines is 2. The highest BCUT2D eigenvalue weighted by Gasteiger charge is 2.10. The molecule has 0 aliphatic heterocycles. The predicted octanol–water partition coefficient (Wildman–Crippen LogP) is -1.44. The van der Waals surface area contributed by atoms with E-state index in [1.165, 1.54) is 18.2 Å². The van der Waals surface area contributed by atoms with E-state index in [2.05, 4.69) is 5.43 Å². The summed E-state index contributed by atoms with van der Waals surface area (Å²) in [5.41, 5.74) is 19.2. The van der Waals surface area contributed by atoms with E-state index >= 15 is 0 Å². The van der Waals surface area contributed by atoms with E-state index in [4.69, 9.17) is 28.5 Å². The molecular weight excluding hydrogens is 210 g/mol. The molecule has 0 atom stereocenters. The van der Waals surface area contributed by atoms with Crippen molar-refractivity contribution in [1.29, 1.82) is 5.41 Å². The Morgan fingerprint density at radius 3 is 2.44 bits per heavy atom. The van der Waals surface area contributed by atoms with Gasteiger partial charge in [0, 0.05) is 5.56 Å². The van der Waals surface area contributed by atoms with Crippen LogP contribution < -0.4 is 28.5 Å². The van der Waals surface area contributed by atoms with Crippen molar-refractivity contribution in [2.24, 2.45) is 11.6 Å². The Bertz CT molecular complexity index is 430. The molecule has 1 amide bonds. The molecule has 0 radical (unpaired) electrons. The molecule has 0 saturated heterocycles. The van der Waals surface area contributed by atoms with Gasteiger partial charge in [0.1, 0.15) is 0 Å². The minimum absolute atomic E-state index is 0.267. The number of nitrogens with zero attached hydrogens (tertiary/aromatic N) is 1. The topological polar surface area (TPSA) is 160 Å². The van der Waals surface area contributed by atoms with Crippen molar-refractivity contribution in [2.45, 2.75) is 0 Å². The smallest absolute Gasteiger partial charge is 0.271 e. The van der Waals surface area contributed by atoms with E-state index in [1.807, 2.05) is 0 Å². The van der Waals surface area contributed by atoms with Crippen LogP contribution in [0.3, 0.4) is 0 Å². The SMILES string of the molecule is N=C(N)N(N)NC(=O)c1ccc(N)c(N)c1. The van der Waals surface area contributed by atoms with Crippen LogP contribution in [0.4, 0.5) is 11.4 Å². The first-order chi connectivity index (χ1) is 7.41. The monoisotopic (exact) mass is 223 g/mol. The van der Waals surface area contributed by atoms with Crippen LogP contribution in [0.1, 0.15) is 10.4 Å². The summed E-state index contributed by atoms with van der Waals surface area (Å²) in [4.78, 5) is 11.5. The number of hydrogen-bond acceptors (Lipinski definition) is 5. The van der Waals surface area contributed by atoms with Crippen molar-refractivity contribution >= 4 is 23.2 Å². The minimum Gasteiger partial charge on any atom is -0.397 e. The number of guanidine groups is 1. The minimum atomic E-state index is -0.538. The summed E-state index contributed by atoms with van der Waals surface area (Å²) in [5.74, 6) is 4.19. The second kappa shape index (κ2) is 4.36. The van der Waals surface area contributed by atoms with Crippen molar-refractivity contribution in [2.75, 3.05) is 11.5 Å². The molecule has 1 rings (SSSR count). The van der Waals surface area contributed by atoms with Crippen LogP contribution >= 0.6 is 0 Å². The molecule has 8 nitrogen and oxygen atoms in total. The van der Waals surface area contributed by atoms with E-state index in [-0.39, 0.29) is 5.56 Å². The number of nitrogens with two attached hydrogens (primary N) is 4. The Labute approximate surface area is 91.6 Å². The predicted molar refractivity (Wildman–Crippen MR) is 60.7 cm³/mol. The molecule has 86 valence electrons. The first kappa shape index (κ1) is 11.6. The summed E-state index contributed by atoms with van der Waals surface area (Å²) >= 11 is 0. The molecule has 0 spiro atoms. The average molecular weight is 223 g/mol. The number of amides is 1. The first-order valence-corrected chi connectivity index (χ1v) is 4.26. The molecule has 10 N–H and O–H groups in total. The van der Waals surface area contributed by atoms with Crippen LogP contribution in [0, 0.1) is 5.41 Å². The summed E-state index contributed by atoms with van der Waals surface area (Å²) in [6.45, 7) is 0. The standard InChI is InChI=1S/C8H13N7O/c9-5-2-1-4(3-6(5)10)7(16)14-15(13)8(11)12/h1-3H,9-10,13H2,(H3,11,12)(H,14,16). The third-order valence-electron chi connectivity index (χ3n) is 1.83. The summed E-state index contributed by atoms with van der Waals surface area (Å²) in [7, 11) is 0. The maximum atomic E-state index is 11.5. The highest BCUT2D eigenvalue weighted by Crippen LogP contribution is 2.15. The molecule has 0 bridgehead atoms. The molecule has 0 heterocycles. The molecule has 0 aliphatic carbocycles. The summed E-state index contributed by atoms with van der Waals surface area (Å²) in [6.07, 6.45) is 0. The van der Waals surface area contributed by atoms with Gasteiger partial charge in [0.2, 0.25) is 5.96 Å². The van der Waals surface area contributed by atoms with Crippen LogP contribution in [0.2, 0.25) is 0 Å². The highest BCUT2D eigenvalue weighted by molar-refractivity contribution is 5.96. The van der Waals surface area contributed by atoms with Gasteiger partial charge in [-0.25, -0.2) is 11.3 Å². The van der Waals surface area contributed by atoms with Gasteiger partial charge in [0.25, 0.3) is 5.91 Å². The zero-order valence-electron chi connectivity index (χ0n) is 8.40. The highest BCUT2D eigenvalue weighted by atomic mass is 16.2. The molecule has 0 aromatic heterocycles. The molecule has 0 fully saturated rings. The number of carbonyl (C=O) groups is 1. The largest absolute Gasteiger partial charge is 0.397 e. The lowest BCUT2D eigenvalue weighted by atomic mass is 10.1. The maximum absolute atomic E-state index is 11.5. The zero-order valence-corrected chi connectivity index (χ0v) is 8.40. The quantitative estimate of drug-likeness (QED) is 0.112. The Kier molecular flexibility index (Phi) is 3.16. The molecule has 8 heteroatoms. The number of hydrogen-bond donors (Lipinski definition) is 6. The fourth-order valence-corrected chi connectivity index (χ4v) is 0.950. The van der Waals surface area contributed by atoms with Crippen molar-refractivity contribution < 1.29 is 4.79 Å². The van der Waals surface area contributed by atoms with Gasteiger partial charge in [-0.3, -0.25) is 10.2 Å². The van der Waals surface area contributed by atoms with Gasteiger partial charge in [-0.05, 0) is 18.2 Å². The summed E-state index contributed by atoms with van der Waals surface area (Å²) in [5, 5.41) is 7.54. The third kappa shape index (κ3) is 2.51. The van der Waals surface area contributed by atoms with Crippen molar-refractivity contribution in [1.82, 2.24) is 10.5 Å². The van der Waals surface area contributed by atoms with E-state index in [9.17, 15) is 4.79 Å². The number of benzene rings is 1. The lowest BCUT2D eigenvalue weighted by Gasteiger charge is -2.16. The van der Waals surface area contributed by atoms with Crippen molar-refractivity contribution in [3.8, 4) is 0 Å². The first-order valence-electron chi connectivity index (χ1n) is 4.26. The number of nitrogens with one attached hydrogen (secondary N) is 2. The van der Waals surface area contributed by atoms with Gasteiger partial charge >= 0.3 is 0 Å². The van der Waals surface area contributed by atoms with Crippen LogP contribution in [0.25, 0.3) is 0 Å². The summed E-state index contributed by atoms with van der Waals surface area (Å²) in [6, 6.07) is 4.38. The maximum Gasteiger partial charge on any atom is 0.271 e. The second-order valence-corrected chi connectivity index (χ2v) is 3.04. The van der Waals surface area contributed by atoms with Gasteiger partial charge < -0.3 is 17.2 Å². The summed E-state index contributed by atoms with van der Waals surface area (Å²) < 4.78 is 0. The lowest BCUT2D eigenvalue weighted by molar-refractivity contribution is 0.0869. The number of nitrogen functional groups attached to an aromatic ring is 2. The second-order valence-electron chi connectivity index (χ2n) is 3.04. The Morgan fingerprint density at radius 1 is 1.31 bits per heavy atom. The van der Waals surface area contributed by atoms with Gasteiger partial charge in [-0.2, -0.15) is 5.12 Å². The molecule has 1 aromatic carbocycles. The van der Waals surface area contributed by atoms with E-state index in [0.29, 0.717) is 16.5 Å². The van der Waals surface area contributed by atoms with E-state index in [1.54, 1.807) is 0 Å². The van der Waals surface area contributed by atoms with Crippen LogP contribution in [0.5, 0.6) is 0 Å². The Balaban J connectivity index is 2.81.